The predicted molar refractivity (Wildman–Crippen MR) is 155 cm³/mol. The molecule has 0 amide bonds. The topological polar surface area (TPSA) is 135 Å². The number of methoxy groups -OCH3 is 3. The number of H-pyrrole nitrogens is 1. The second-order valence-electron chi connectivity index (χ2n) is 8.96. The Labute approximate surface area is 239 Å². The number of ether oxygens (including phenoxy) is 4. The SMILES string of the molecule is COC(=O)c1ccc2c(=O)[nH]c(COC(=O)C=Cc3cn(-c4ccccc4)nc3-c3ccc(OC)c(OC)c3)nc2c1. The molecule has 0 saturated carbocycles. The average Bonchev–Trinajstić information content (AvgIpc) is 3.46. The number of benzene rings is 3. The van der Waals surface area contributed by atoms with Crippen LogP contribution in [0.1, 0.15) is 21.7 Å². The van der Waals surface area contributed by atoms with Crippen LogP contribution in [0.3, 0.4) is 0 Å². The van der Waals surface area contributed by atoms with Crippen molar-refractivity contribution in [2.45, 2.75) is 6.61 Å². The maximum Gasteiger partial charge on any atom is 0.337 e. The Balaban J connectivity index is 1.39. The summed E-state index contributed by atoms with van der Waals surface area (Å²) in [5.41, 5.74) is 2.93. The summed E-state index contributed by atoms with van der Waals surface area (Å²) in [7, 11) is 4.38. The van der Waals surface area contributed by atoms with Crippen LogP contribution in [0.25, 0.3) is 33.9 Å². The third kappa shape index (κ3) is 5.89. The zero-order valence-electron chi connectivity index (χ0n) is 23.0. The van der Waals surface area contributed by atoms with Crippen LogP contribution in [0.15, 0.2) is 83.8 Å². The van der Waals surface area contributed by atoms with Gasteiger partial charge in [-0.15, -0.1) is 0 Å². The number of hydrogen-bond acceptors (Lipinski definition) is 9. The Morgan fingerprint density at radius 2 is 1.74 bits per heavy atom. The number of rotatable bonds is 9. The zero-order valence-corrected chi connectivity index (χ0v) is 23.0. The van der Waals surface area contributed by atoms with Gasteiger partial charge in [0.05, 0.1) is 43.5 Å². The summed E-state index contributed by atoms with van der Waals surface area (Å²) >= 11 is 0. The Kier molecular flexibility index (Phi) is 8.10. The predicted octanol–water partition coefficient (Wildman–Crippen LogP) is 4.34. The van der Waals surface area contributed by atoms with E-state index in [0.717, 1.165) is 11.3 Å². The summed E-state index contributed by atoms with van der Waals surface area (Å²) in [6.07, 6.45) is 4.66. The van der Waals surface area contributed by atoms with Gasteiger partial charge in [-0.3, -0.25) is 4.79 Å². The molecule has 0 aliphatic heterocycles. The summed E-state index contributed by atoms with van der Waals surface area (Å²) in [5.74, 6) is 0.0200. The molecule has 42 heavy (non-hydrogen) atoms. The van der Waals surface area contributed by atoms with E-state index in [-0.39, 0.29) is 28.9 Å². The number of aromatic nitrogens is 4. The number of nitrogens with zero attached hydrogens (tertiary/aromatic N) is 3. The molecule has 0 fully saturated rings. The van der Waals surface area contributed by atoms with Crippen LogP contribution in [0.5, 0.6) is 11.5 Å². The monoisotopic (exact) mass is 566 g/mol. The van der Waals surface area contributed by atoms with Crippen LogP contribution in [-0.2, 0) is 20.9 Å². The van der Waals surface area contributed by atoms with Crippen molar-refractivity contribution in [1.82, 2.24) is 19.7 Å². The van der Waals surface area contributed by atoms with Gasteiger partial charge in [-0.1, -0.05) is 18.2 Å². The van der Waals surface area contributed by atoms with E-state index >= 15 is 0 Å². The molecule has 2 aromatic heterocycles. The van der Waals surface area contributed by atoms with E-state index in [1.54, 1.807) is 43.3 Å². The Hall–Kier alpha value is -5.71. The molecule has 2 heterocycles. The van der Waals surface area contributed by atoms with Gasteiger partial charge in [-0.05, 0) is 54.6 Å². The molecular weight excluding hydrogens is 540 g/mol. The molecule has 0 unspecified atom stereocenters. The van der Waals surface area contributed by atoms with E-state index in [1.165, 1.54) is 31.4 Å². The van der Waals surface area contributed by atoms with Crippen LogP contribution >= 0.6 is 0 Å². The highest BCUT2D eigenvalue weighted by atomic mass is 16.5. The number of aromatic amines is 1. The zero-order chi connectivity index (χ0) is 29.6. The lowest BCUT2D eigenvalue weighted by molar-refractivity contribution is -0.139. The maximum absolute atomic E-state index is 12.7. The normalized spacial score (nSPS) is 11.0. The Morgan fingerprint density at radius 3 is 2.48 bits per heavy atom. The van der Waals surface area contributed by atoms with Gasteiger partial charge >= 0.3 is 11.9 Å². The number of carbonyl (C=O) groups excluding carboxylic acids is 2. The minimum Gasteiger partial charge on any atom is -0.493 e. The summed E-state index contributed by atoms with van der Waals surface area (Å²) < 4.78 is 22.6. The number of carbonyl (C=O) groups is 2. The first kappa shape index (κ1) is 27.8. The van der Waals surface area contributed by atoms with Gasteiger partial charge in [-0.2, -0.15) is 5.10 Å². The smallest absolute Gasteiger partial charge is 0.337 e. The van der Waals surface area contributed by atoms with Crippen LogP contribution in [0, 0.1) is 0 Å². The second kappa shape index (κ2) is 12.2. The lowest BCUT2D eigenvalue weighted by atomic mass is 10.1. The van der Waals surface area contributed by atoms with E-state index in [0.29, 0.717) is 22.8 Å². The van der Waals surface area contributed by atoms with Crippen LogP contribution in [-0.4, -0.2) is 53.0 Å². The van der Waals surface area contributed by atoms with Crippen LogP contribution in [0.4, 0.5) is 0 Å². The third-order valence-electron chi connectivity index (χ3n) is 6.35. The van der Waals surface area contributed by atoms with E-state index in [4.69, 9.17) is 24.0 Å². The van der Waals surface area contributed by atoms with E-state index in [1.807, 2.05) is 36.4 Å². The first-order chi connectivity index (χ1) is 20.4. The van der Waals surface area contributed by atoms with Crippen molar-refractivity contribution in [3.05, 3.63) is 106 Å². The summed E-state index contributed by atoms with van der Waals surface area (Å²) in [6, 6.07) is 19.4. The van der Waals surface area contributed by atoms with Crippen molar-refractivity contribution in [1.29, 1.82) is 0 Å². The Bertz CT molecular complexity index is 1860. The molecule has 11 heteroatoms. The van der Waals surface area contributed by atoms with E-state index in [9.17, 15) is 14.4 Å². The maximum atomic E-state index is 12.7. The molecule has 0 saturated heterocycles. The van der Waals surface area contributed by atoms with Gasteiger partial charge in [0, 0.05) is 23.4 Å². The average molecular weight is 567 g/mol. The molecule has 0 aliphatic carbocycles. The van der Waals surface area contributed by atoms with Crippen molar-refractivity contribution in [2.24, 2.45) is 0 Å². The van der Waals surface area contributed by atoms with Gasteiger partial charge in [-0.25, -0.2) is 19.3 Å². The van der Waals surface area contributed by atoms with E-state index in [2.05, 4.69) is 9.97 Å². The quantitative estimate of drug-likeness (QED) is 0.204. The first-order valence-electron chi connectivity index (χ1n) is 12.7. The fourth-order valence-electron chi connectivity index (χ4n) is 4.28. The van der Waals surface area contributed by atoms with Crippen molar-refractivity contribution in [3.8, 4) is 28.4 Å². The lowest BCUT2D eigenvalue weighted by Crippen LogP contribution is -2.14. The molecule has 0 bridgehead atoms. The van der Waals surface area contributed by atoms with Gasteiger partial charge in [0.25, 0.3) is 5.56 Å². The second-order valence-corrected chi connectivity index (χ2v) is 8.96. The number of nitrogens with one attached hydrogen (secondary N) is 1. The first-order valence-corrected chi connectivity index (χ1v) is 12.7. The highest BCUT2D eigenvalue weighted by Gasteiger charge is 2.15. The number of para-hydroxylation sites is 1. The minimum atomic E-state index is -0.660. The largest absolute Gasteiger partial charge is 0.493 e. The standard InChI is InChI=1S/C31H26N4O7/c1-39-25-13-10-19(16-26(25)40-2)29-21(17-35(34-29)22-7-5-4-6-8-22)11-14-28(36)42-18-27-32-24-15-20(31(38)41-3)9-12-23(24)30(37)33-27/h4-17H,18H2,1-3H3,(H,32,33,37). The molecule has 5 rings (SSSR count). The van der Waals surface area contributed by atoms with Gasteiger partial charge in [0.1, 0.15) is 18.1 Å². The van der Waals surface area contributed by atoms with Crippen molar-refractivity contribution < 1.29 is 28.5 Å². The molecule has 212 valence electrons. The molecular formula is C31H26N4O7. The lowest BCUT2D eigenvalue weighted by Gasteiger charge is -2.09. The van der Waals surface area contributed by atoms with Crippen molar-refractivity contribution in [3.63, 3.8) is 0 Å². The van der Waals surface area contributed by atoms with E-state index < -0.39 is 17.5 Å². The highest BCUT2D eigenvalue weighted by Crippen LogP contribution is 2.33. The van der Waals surface area contributed by atoms with Gasteiger partial charge < -0.3 is 23.9 Å². The number of hydrogen-bond donors (Lipinski definition) is 1. The van der Waals surface area contributed by atoms with Crippen molar-refractivity contribution in [2.75, 3.05) is 21.3 Å². The third-order valence-corrected chi connectivity index (χ3v) is 6.35. The molecule has 3 aromatic carbocycles. The Morgan fingerprint density at radius 1 is 0.952 bits per heavy atom. The molecule has 0 radical (unpaired) electrons. The molecule has 0 spiro atoms. The fraction of sp³-hybridized carbons (Fsp3) is 0.129. The number of fused-ring (bicyclic) bond motifs is 1. The molecule has 1 N–H and O–H groups in total. The molecule has 0 aliphatic rings. The van der Waals surface area contributed by atoms with Crippen LogP contribution in [0.2, 0.25) is 0 Å². The fourth-order valence-corrected chi connectivity index (χ4v) is 4.28. The van der Waals surface area contributed by atoms with Crippen molar-refractivity contribution >= 4 is 28.9 Å². The molecule has 0 atom stereocenters. The molecule has 11 nitrogen and oxygen atoms in total. The van der Waals surface area contributed by atoms with Crippen LogP contribution < -0.4 is 15.0 Å². The summed E-state index contributed by atoms with van der Waals surface area (Å²) in [4.78, 5) is 43.9. The summed E-state index contributed by atoms with van der Waals surface area (Å²) in [6.45, 7) is -0.289. The van der Waals surface area contributed by atoms with Gasteiger partial charge in [0.2, 0.25) is 0 Å². The minimum absolute atomic E-state index is 0.124. The number of esters is 2. The summed E-state index contributed by atoms with van der Waals surface area (Å²) in [5, 5.41) is 5.04. The molecule has 5 aromatic rings. The van der Waals surface area contributed by atoms with Gasteiger partial charge in [0.15, 0.2) is 11.5 Å². The highest BCUT2D eigenvalue weighted by molar-refractivity contribution is 5.94.